The molecular weight excluding hydrogens is 260 g/mol. The molecule has 0 fully saturated rings. The monoisotopic (exact) mass is 272 g/mol. The molecule has 1 aliphatic heterocycles. The number of fused-ring (bicyclic) bond motifs is 1. The van der Waals surface area contributed by atoms with Crippen LogP contribution in [0.3, 0.4) is 0 Å². The van der Waals surface area contributed by atoms with E-state index in [1.165, 1.54) is 24.3 Å². The maximum absolute atomic E-state index is 11.7. The molecule has 1 aliphatic rings. The number of carbonyl (C=O) groups is 1. The first-order valence-corrected chi connectivity index (χ1v) is 6.10. The minimum Gasteiger partial charge on any atom is -0.508 e. The fraction of sp³-hybridized carbons (Fsp3) is 0.133. The highest BCUT2D eigenvalue weighted by atomic mass is 16.5. The summed E-state index contributed by atoms with van der Waals surface area (Å²) in [5, 5.41) is 28.8. The van der Waals surface area contributed by atoms with Crippen LogP contribution in [0.5, 0.6) is 23.0 Å². The second kappa shape index (κ2) is 4.45. The van der Waals surface area contributed by atoms with Crippen LogP contribution >= 0.6 is 0 Å². The molecule has 1 heterocycles. The summed E-state index contributed by atoms with van der Waals surface area (Å²) in [4.78, 5) is 11.7. The van der Waals surface area contributed by atoms with Gasteiger partial charge in [-0.05, 0) is 17.7 Å². The van der Waals surface area contributed by atoms with Crippen molar-refractivity contribution in [2.45, 2.75) is 12.3 Å². The highest BCUT2D eigenvalue weighted by Gasteiger charge is 2.31. The van der Waals surface area contributed by atoms with Crippen molar-refractivity contribution in [3.05, 3.63) is 47.5 Å². The Kier molecular flexibility index (Phi) is 2.75. The van der Waals surface area contributed by atoms with Gasteiger partial charge in [0.05, 0.1) is 6.42 Å². The highest BCUT2D eigenvalue weighted by molar-refractivity contribution is 5.79. The van der Waals surface area contributed by atoms with Crippen LogP contribution in [0.2, 0.25) is 0 Å². The van der Waals surface area contributed by atoms with Crippen LogP contribution in [0.25, 0.3) is 0 Å². The number of hydrogen-bond acceptors (Lipinski definition) is 5. The van der Waals surface area contributed by atoms with Crippen molar-refractivity contribution in [2.24, 2.45) is 0 Å². The van der Waals surface area contributed by atoms with E-state index < -0.39 is 5.97 Å². The molecule has 0 spiro atoms. The van der Waals surface area contributed by atoms with Gasteiger partial charge in [-0.2, -0.15) is 0 Å². The van der Waals surface area contributed by atoms with Gasteiger partial charge in [-0.25, -0.2) is 0 Å². The zero-order chi connectivity index (χ0) is 14.3. The summed E-state index contributed by atoms with van der Waals surface area (Å²) in [5.41, 5.74) is 1.25. The van der Waals surface area contributed by atoms with Crippen LogP contribution in [0.1, 0.15) is 23.5 Å². The lowest BCUT2D eigenvalue weighted by molar-refractivity contribution is -0.135. The minimum atomic E-state index is -0.430. The number of benzene rings is 2. The van der Waals surface area contributed by atoms with Gasteiger partial charge in [0.25, 0.3) is 0 Å². The number of carbonyl (C=O) groups excluding carboxylic acids is 1. The first kappa shape index (κ1) is 12.3. The second-order valence-corrected chi connectivity index (χ2v) is 4.70. The summed E-state index contributed by atoms with van der Waals surface area (Å²) >= 11 is 0. The van der Waals surface area contributed by atoms with Gasteiger partial charge in [0.2, 0.25) is 0 Å². The van der Waals surface area contributed by atoms with Crippen LogP contribution < -0.4 is 4.74 Å². The van der Waals surface area contributed by atoms with Crippen molar-refractivity contribution < 1.29 is 24.9 Å². The molecule has 3 rings (SSSR count). The lowest BCUT2D eigenvalue weighted by atomic mass is 9.85. The summed E-state index contributed by atoms with van der Waals surface area (Å²) in [7, 11) is 0. The number of esters is 1. The Morgan fingerprint density at radius 3 is 2.40 bits per heavy atom. The Hall–Kier alpha value is -2.69. The number of hydrogen-bond donors (Lipinski definition) is 3. The number of rotatable bonds is 1. The van der Waals surface area contributed by atoms with Crippen molar-refractivity contribution in [2.75, 3.05) is 0 Å². The Bertz CT molecular complexity index is 675. The van der Waals surface area contributed by atoms with Crippen LogP contribution in [0, 0.1) is 0 Å². The molecule has 0 saturated heterocycles. The molecule has 2 aromatic rings. The fourth-order valence-corrected chi connectivity index (χ4v) is 2.46. The van der Waals surface area contributed by atoms with E-state index in [2.05, 4.69) is 0 Å². The molecule has 2 aromatic carbocycles. The van der Waals surface area contributed by atoms with E-state index in [9.17, 15) is 20.1 Å². The Morgan fingerprint density at radius 1 is 1.00 bits per heavy atom. The van der Waals surface area contributed by atoms with Gasteiger partial charge >= 0.3 is 5.97 Å². The average molecular weight is 272 g/mol. The Labute approximate surface area is 114 Å². The molecule has 0 radical (unpaired) electrons. The molecule has 5 nitrogen and oxygen atoms in total. The first-order chi connectivity index (χ1) is 9.54. The van der Waals surface area contributed by atoms with Gasteiger partial charge in [0, 0.05) is 23.6 Å². The second-order valence-electron chi connectivity index (χ2n) is 4.70. The minimum absolute atomic E-state index is 0.0934. The molecule has 0 bridgehead atoms. The van der Waals surface area contributed by atoms with E-state index in [-0.39, 0.29) is 35.3 Å². The molecular formula is C15H12O5. The number of phenolic OH excluding ortho intramolecular Hbond substituents is 3. The highest BCUT2D eigenvalue weighted by Crippen LogP contribution is 2.45. The predicted molar refractivity (Wildman–Crippen MR) is 70.0 cm³/mol. The summed E-state index contributed by atoms with van der Waals surface area (Å²) in [5.74, 6) is -0.793. The van der Waals surface area contributed by atoms with Crippen LogP contribution in [0.15, 0.2) is 36.4 Å². The standard InChI is InChI=1S/C15H12O5/c16-9-3-1-8(2-4-9)11-7-14(19)20-13-6-10(17)5-12(18)15(11)13/h1-6,11,16-18H,7H2. The van der Waals surface area contributed by atoms with Crippen molar-refractivity contribution in [1.82, 2.24) is 0 Å². The SMILES string of the molecule is O=C1CC(c2ccc(O)cc2)c2c(O)cc(O)cc2O1. The van der Waals surface area contributed by atoms with E-state index in [0.717, 1.165) is 5.56 Å². The third-order valence-corrected chi connectivity index (χ3v) is 3.34. The van der Waals surface area contributed by atoms with Gasteiger partial charge in [0.1, 0.15) is 23.0 Å². The zero-order valence-corrected chi connectivity index (χ0v) is 10.4. The van der Waals surface area contributed by atoms with Gasteiger partial charge in [-0.3, -0.25) is 4.79 Å². The van der Waals surface area contributed by atoms with Gasteiger partial charge < -0.3 is 20.1 Å². The third kappa shape index (κ3) is 2.03. The molecule has 20 heavy (non-hydrogen) atoms. The molecule has 1 atom stereocenters. The summed E-state index contributed by atoms with van der Waals surface area (Å²) in [6.45, 7) is 0. The molecule has 102 valence electrons. The maximum atomic E-state index is 11.7. The first-order valence-electron chi connectivity index (χ1n) is 6.10. The van der Waals surface area contributed by atoms with E-state index in [0.29, 0.717) is 5.56 Å². The average Bonchev–Trinajstić information content (AvgIpc) is 2.37. The molecule has 0 saturated carbocycles. The van der Waals surface area contributed by atoms with E-state index in [4.69, 9.17) is 4.74 Å². The molecule has 3 N–H and O–H groups in total. The molecule has 1 unspecified atom stereocenters. The number of phenols is 3. The molecule has 5 heteroatoms. The van der Waals surface area contributed by atoms with E-state index in [1.807, 2.05) is 0 Å². The lowest BCUT2D eigenvalue weighted by Crippen LogP contribution is -2.21. The van der Waals surface area contributed by atoms with Gasteiger partial charge in [-0.15, -0.1) is 0 Å². The van der Waals surface area contributed by atoms with Crippen molar-refractivity contribution in [3.63, 3.8) is 0 Å². The normalized spacial score (nSPS) is 17.4. The van der Waals surface area contributed by atoms with E-state index in [1.54, 1.807) is 12.1 Å². The van der Waals surface area contributed by atoms with Gasteiger partial charge in [-0.1, -0.05) is 12.1 Å². The summed E-state index contributed by atoms with van der Waals surface area (Å²) < 4.78 is 5.06. The predicted octanol–water partition coefficient (Wildman–Crippen LogP) is 2.24. The van der Waals surface area contributed by atoms with Crippen LogP contribution in [-0.2, 0) is 4.79 Å². The Balaban J connectivity index is 2.14. The van der Waals surface area contributed by atoms with E-state index >= 15 is 0 Å². The largest absolute Gasteiger partial charge is 0.508 e. The molecule has 0 aliphatic carbocycles. The zero-order valence-electron chi connectivity index (χ0n) is 10.4. The van der Waals surface area contributed by atoms with Gasteiger partial charge in [0.15, 0.2) is 0 Å². The molecule has 0 aromatic heterocycles. The van der Waals surface area contributed by atoms with Crippen molar-refractivity contribution >= 4 is 5.97 Å². The summed E-state index contributed by atoms with van der Waals surface area (Å²) in [6.07, 6.45) is 0.0934. The van der Waals surface area contributed by atoms with Crippen molar-refractivity contribution in [1.29, 1.82) is 0 Å². The van der Waals surface area contributed by atoms with Crippen LogP contribution in [0.4, 0.5) is 0 Å². The van der Waals surface area contributed by atoms with Crippen molar-refractivity contribution in [3.8, 4) is 23.0 Å². The maximum Gasteiger partial charge on any atom is 0.312 e. The third-order valence-electron chi connectivity index (χ3n) is 3.34. The summed E-state index contributed by atoms with van der Waals surface area (Å²) in [6, 6.07) is 8.94. The number of aromatic hydroxyl groups is 3. The Morgan fingerprint density at radius 2 is 1.70 bits per heavy atom. The fourth-order valence-electron chi connectivity index (χ4n) is 2.46. The quantitative estimate of drug-likeness (QED) is 0.547. The smallest absolute Gasteiger partial charge is 0.312 e. The number of ether oxygens (including phenoxy) is 1. The lowest BCUT2D eigenvalue weighted by Gasteiger charge is -2.25. The topological polar surface area (TPSA) is 87.0 Å². The molecule has 0 amide bonds. The van der Waals surface area contributed by atoms with Crippen LogP contribution in [-0.4, -0.2) is 21.3 Å².